The molecule has 6 heteroatoms. The van der Waals surface area contributed by atoms with Gasteiger partial charge in [0.05, 0.1) is 11.3 Å². The van der Waals surface area contributed by atoms with Crippen LogP contribution in [0.1, 0.15) is 23.2 Å². The molecule has 1 aliphatic heterocycles. The Kier molecular flexibility index (Phi) is 3.36. The van der Waals surface area contributed by atoms with Crippen LogP contribution in [0.2, 0.25) is 0 Å². The molecule has 0 aromatic heterocycles. The maximum atomic E-state index is 11.8. The second-order valence-corrected chi connectivity index (χ2v) is 4.26. The van der Waals surface area contributed by atoms with Crippen molar-refractivity contribution in [1.82, 2.24) is 10.6 Å². The van der Waals surface area contributed by atoms with E-state index in [9.17, 15) is 14.7 Å². The Morgan fingerprint density at radius 2 is 2.33 bits per heavy atom. The number of benzene rings is 1. The summed E-state index contributed by atoms with van der Waals surface area (Å²) in [4.78, 5) is 22.8. The summed E-state index contributed by atoms with van der Waals surface area (Å²) in [6, 6.07) is 4.57. The highest BCUT2D eigenvalue weighted by Gasteiger charge is 2.21. The Morgan fingerprint density at radius 1 is 1.56 bits per heavy atom. The van der Waals surface area contributed by atoms with Gasteiger partial charge in [0, 0.05) is 19.0 Å². The van der Waals surface area contributed by atoms with Gasteiger partial charge in [0.2, 0.25) is 5.91 Å². The van der Waals surface area contributed by atoms with E-state index >= 15 is 0 Å². The lowest BCUT2D eigenvalue weighted by atomic mass is 10.1. The van der Waals surface area contributed by atoms with Gasteiger partial charge < -0.3 is 21.5 Å². The Hall–Kier alpha value is -2.24. The number of aromatic hydroxyl groups is 1. The second-order valence-electron chi connectivity index (χ2n) is 4.26. The van der Waals surface area contributed by atoms with Gasteiger partial charge in [0.1, 0.15) is 0 Å². The van der Waals surface area contributed by atoms with Crippen molar-refractivity contribution < 1.29 is 14.7 Å². The van der Waals surface area contributed by atoms with E-state index in [1.54, 1.807) is 6.07 Å². The lowest BCUT2D eigenvalue weighted by Crippen LogP contribution is -2.38. The van der Waals surface area contributed by atoms with Crippen LogP contribution in [0.4, 0.5) is 5.69 Å². The zero-order valence-electron chi connectivity index (χ0n) is 9.77. The number of nitrogens with one attached hydrogen (secondary N) is 2. The molecule has 6 nitrogen and oxygen atoms in total. The van der Waals surface area contributed by atoms with Gasteiger partial charge in [-0.2, -0.15) is 0 Å². The van der Waals surface area contributed by atoms with Gasteiger partial charge in [-0.15, -0.1) is 0 Å². The highest BCUT2D eigenvalue weighted by atomic mass is 16.3. The van der Waals surface area contributed by atoms with Crippen LogP contribution in [0.5, 0.6) is 5.75 Å². The number of hydrogen-bond donors (Lipinski definition) is 4. The van der Waals surface area contributed by atoms with Crippen molar-refractivity contribution in [2.75, 3.05) is 12.3 Å². The fraction of sp³-hybridized carbons (Fsp3) is 0.333. The number of anilines is 1. The average molecular weight is 249 g/mol. The molecule has 18 heavy (non-hydrogen) atoms. The molecule has 1 fully saturated rings. The molecule has 1 aromatic rings. The number of phenols is 1. The summed E-state index contributed by atoms with van der Waals surface area (Å²) in [5, 5.41) is 15.1. The van der Waals surface area contributed by atoms with E-state index in [1.165, 1.54) is 12.1 Å². The van der Waals surface area contributed by atoms with E-state index in [2.05, 4.69) is 10.6 Å². The molecule has 0 spiro atoms. The molecule has 1 saturated heterocycles. The van der Waals surface area contributed by atoms with Crippen molar-refractivity contribution in [3.63, 3.8) is 0 Å². The van der Waals surface area contributed by atoms with Gasteiger partial charge >= 0.3 is 0 Å². The molecule has 1 aromatic carbocycles. The summed E-state index contributed by atoms with van der Waals surface area (Å²) in [6.45, 7) is 0.346. The van der Waals surface area contributed by atoms with Gasteiger partial charge in [0.25, 0.3) is 5.91 Å². The van der Waals surface area contributed by atoms with Gasteiger partial charge in [-0.25, -0.2) is 0 Å². The summed E-state index contributed by atoms with van der Waals surface area (Å²) in [5.41, 5.74) is 5.81. The summed E-state index contributed by atoms with van der Waals surface area (Å²) >= 11 is 0. The smallest absolute Gasteiger partial charge is 0.255 e. The first-order chi connectivity index (χ1) is 8.58. The Labute approximate surface area is 104 Å². The van der Waals surface area contributed by atoms with Crippen molar-refractivity contribution >= 4 is 17.5 Å². The van der Waals surface area contributed by atoms with Crippen molar-refractivity contribution in [2.24, 2.45) is 0 Å². The molecule has 0 aliphatic carbocycles. The standard InChI is InChI=1S/C12H15N3O3/c13-9-3-1-2-8(11(9)17)12(18)14-6-7-4-5-10(16)15-7/h1-3,7,17H,4-6,13H2,(H,14,18)(H,15,16). The van der Waals surface area contributed by atoms with Crippen molar-refractivity contribution in [1.29, 1.82) is 0 Å². The SMILES string of the molecule is Nc1cccc(C(=O)NCC2CCC(=O)N2)c1O. The summed E-state index contributed by atoms with van der Waals surface area (Å²) in [6.07, 6.45) is 1.20. The predicted octanol–water partition coefficient (Wildman–Crippen LogP) is -0.0172. The van der Waals surface area contributed by atoms with E-state index < -0.39 is 5.91 Å². The number of carbonyl (C=O) groups excluding carboxylic acids is 2. The normalized spacial score (nSPS) is 18.4. The Balaban J connectivity index is 1.95. The third kappa shape index (κ3) is 2.53. The summed E-state index contributed by atoms with van der Waals surface area (Å²) in [5.74, 6) is -0.618. The molecular formula is C12H15N3O3. The van der Waals surface area contributed by atoms with Crippen LogP contribution in [0.15, 0.2) is 18.2 Å². The zero-order chi connectivity index (χ0) is 13.1. The lowest BCUT2D eigenvalue weighted by molar-refractivity contribution is -0.119. The third-order valence-corrected chi connectivity index (χ3v) is 2.91. The molecule has 0 saturated carbocycles. The van der Waals surface area contributed by atoms with Gasteiger partial charge in [-0.05, 0) is 18.6 Å². The molecule has 2 rings (SSSR count). The van der Waals surface area contributed by atoms with Crippen LogP contribution in [0.3, 0.4) is 0 Å². The molecule has 2 amide bonds. The fourth-order valence-corrected chi connectivity index (χ4v) is 1.89. The first-order valence-electron chi connectivity index (χ1n) is 5.73. The predicted molar refractivity (Wildman–Crippen MR) is 66.0 cm³/mol. The van der Waals surface area contributed by atoms with Crippen LogP contribution in [-0.2, 0) is 4.79 Å². The van der Waals surface area contributed by atoms with Gasteiger partial charge in [-0.1, -0.05) is 6.07 Å². The maximum absolute atomic E-state index is 11.8. The van der Waals surface area contributed by atoms with Crippen LogP contribution in [0.25, 0.3) is 0 Å². The molecule has 1 aliphatic rings. The third-order valence-electron chi connectivity index (χ3n) is 2.91. The number of amides is 2. The number of carbonyl (C=O) groups is 2. The first kappa shape index (κ1) is 12.2. The Bertz CT molecular complexity index is 487. The quantitative estimate of drug-likeness (QED) is 0.446. The van der Waals surface area contributed by atoms with Gasteiger partial charge in [0.15, 0.2) is 5.75 Å². The van der Waals surface area contributed by atoms with Crippen molar-refractivity contribution in [3.8, 4) is 5.75 Å². The second kappa shape index (κ2) is 4.95. The van der Waals surface area contributed by atoms with E-state index in [4.69, 9.17) is 5.73 Å². The largest absolute Gasteiger partial charge is 0.505 e. The molecule has 96 valence electrons. The fourth-order valence-electron chi connectivity index (χ4n) is 1.89. The summed E-state index contributed by atoms with van der Waals surface area (Å²) in [7, 11) is 0. The summed E-state index contributed by atoms with van der Waals surface area (Å²) < 4.78 is 0. The molecule has 1 unspecified atom stereocenters. The number of rotatable bonds is 3. The minimum absolute atomic E-state index is 0.000974. The number of nitrogen functional groups attached to an aromatic ring is 1. The number of hydrogen-bond acceptors (Lipinski definition) is 4. The van der Waals surface area contributed by atoms with E-state index in [-0.39, 0.29) is 28.9 Å². The Morgan fingerprint density at radius 3 is 3.00 bits per heavy atom. The molecule has 1 atom stereocenters. The van der Waals surface area contributed by atoms with Gasteiger partial charge in [-0.3, -0.25) is 9.59 Å². The first-order valence-corrected chi connectivity index (χ1v) is 5.73. The lowest BCUT2D eigenvalue weighted by Gasteiger charge is -2.12. The minimum Gasteiger partial charge on any atom is -0.505 e. The van der Waals surface area contributed by atoms with Crippen LogP contribution < -0.4 is 16.4 Å². The van der Waals surface area contributed by atoms with Crippen molar-refractivity contribution in [2.45, 2.75) is 18.9 Å². The average Bonchev–Trinajstić information content (AvgIpc) is 2.76. The van der Waals surface area contributed by atoms with E-state index in [0.29, 0.717) is 19.4 Å². The molecule has 0 bridgehead atoms. The van der Waals surface area contributed by atoms with Crippen LogP contribution in [0, 0.1) is 0 Å². The highest BCUT2D eigenvalue weighted by Crippen LogP contribution is 2.24. The van der Waals surface area contributed by atoms with Crippen LogP contribution in [-0.4, -0.2) is 29.5 Å². The number of nitrogens with two attached hydrogens (primary N) is 1. The molecule has 0 radical (unpaired) electrons. The monoisotopic (exact) mass is 249 g/mol. The van der Waals surface area contributed by atoms with E-state index in [1.807, 2.05) is 0 Å². The van der Waals surface area contributed by atoms with E-state index in [0.717, 1.165) is 0 Å². The molecule has 5 N–H and O–H groups in total. The maximum Gasteiger partial charge on any atom is 0.255 e. The zero-order valence-corrected chi connectivity index (χ0v) is 9.77. The number of phenolic OH excluding ortho intramolecular Hbond substituents is 1. The molecule has 1 heterocycles. The highest BCUT2D eigenvalue weighted by molar-refractivity contribution is 5.98. The topological polar surface area (TPSA) is 104 Å². The minimum atomic E-state index is -0.402. The van der Waals surface area contributed by atoms with Crippen LogP contribution >= 0.6 is 0 Å². The number of para-hydroxylation sites is 1. The van der Waals surface area contributed by atoms with Crippen molar-refractivity contribution in [3.05, 3.63) is 23.8 Å². The molecular weight excluding hydrogens is 234 g/mol.